The first kappa shape index (κ1) is 17.2. The summed E-state index contributed by atoms with van der Waals surface area (Å²) in [6, 6.07) is 8.23. The van der Waals surface area contributed by atoms with Gasteiger partial charge in [-0.2, -0.15) is 0 Å². The molecule has 0 saturated carbocycles. The fourth-order valence-electron chi connectivity index (χ4n) is 1.74. The van der Waals surface area contributed by atoms with Crippen LogP contribution in [0.3, 0.4) is 0 Å². The number of benzene rings is 1. The Morgan fingerprint density at radius 3 is 2.60 bits per heavy atom. The predicted molar refractivity (Wildman–Crippen MR) is 86.7 cm³/mol. The minimum absolute atomic E-state index is 0.261. The SMILES string of the molecule is CCCCOc1ccc(CNCCC(C)S(C)=O)cc1. The van der Waals surface area contributed by atoms with Gasteiger partial charge in [-0.15, -0.1) is 0 Å². The maximum absolute atomic E-state index is 11.2. The minimum Gasteiger partial charge on any atom is -0.494 e. The van der Waals surface area contributed by atoms with Crippen molar-refractivity contribution < 1.29 is 8.95 Å². The molecule has 0 fully saturated rings. The fourth-order valence-corrected chi connectivity index (χ4v) is 2.19. The lowest BCUT2D eigenvalue weighted by molar-refractivity contribution is 0.309. The molecule has 1 rings (SSSR count). The molecule has 0 saturated heterocycles. The van der Waals surface area contributed by atoms with E-state index in [0.29, 0.717) is 0 Å². The van der Waals surface area contributed by atoms with Crippen molar-refractivity contribution in [3.63, 3.8) is 0 Å². The maximum atomic E-state index is 11.2. The van der Waals surface area contributed by atoms with Gasteiger partial charge in [-0.25, -0.2) is 0 Å². The van der Waals surface area contributed by atoms with Crippen LogP contribution in [0.1, 0.15) is 38.7 Å². The third-order valence-corrected chi connectivity index (χ3v) is 4.68. The average Bonchev–Trinajstić information content (AvgIpc) is 2.45. The Labute approximate surface area is 125 Å². The van der Waals surface area contributed by atoms with E-state index in [-0.39, 0.29) is 5.25 Å². The Hall–Kier alpha value is -0.870. The van der Waals surface area contributed by atoms with E-state index in [0.717, 1.165) is 44.7 Å². The second-order valence-electron chi connectivity index (χ2n) is 5.12. The van der Waals surface area contributed by atoms with E-state index >= 15 is 0 Å². The topological polar surface area (TPSA) is 38.3 Å². The molecule has 0 aliphatic rings. The Bertz CT molecular complexity index is 392. The average molecular weight is 297 g/mol. The molecule has 2 atom stereocenters. The highest BCUT2D eigenvalue weighted by atomic mass is 32.2. The molecule has 2 unspecified atom stereocenters. The van der Waals surface area contributed by atoms with Crippen LogP contribution in [-0.2, 0) is 17.3 Å². The van der Waals surface area contributed by atoms with E-state index in [1.807, 2.05) is 19.1 Å². The molecule has 1 aromatic carbocycles. The molecule has 1 aromatic rings. The highest BCUT2D eigenvalue weighted by molar-refractivity contribution is 7.84. The number of nitrogens with one attached hydrogen (secondary N) is 1. The fraction of sp³-hybridized carbons (Fsp3) is 0.625. The molecular formula is C16H27NO2S. The van der Waals surface area contributed by atoms with Gasteiger partial charge in [0, 0.05) is 28.9 Å². The van der Waals surface area contributed by atoms with Crippen LogP contribution in [0.4, 0.5) is 0 Å². The van der Waals surface area contributed by atoms with Gasteiger partial charge in [0.1, 0.15) is 5.75 Å². The molecule has 0 bridgehead atoms. The molecule has 0 aliphatic heterocycles. The van der Waals surface area contributed by atoms with Crippen molar-refractivity contribution in [1.82, 2.24) is 5.32 Å². The van der Waals surface area contributed by atoms with Gasteiger partial charge in [-0.3, -0.25) is 4.21 Å². The first-order chi connectivity index (χ1) is 9.63. The van der Waals surface area contributed by atoms with Crippen LogP contribution in [-0.4, -0.2) is 28.9 Å². The summed E-state index contributed by atoms with van der Waals surface area (Å²) in [7, 11) is -0.722. The number of ether oxygens (including phenoxy) is 1. The standard InChI is InChI=1S/C16H27NO2S/c1-4-5-12-19-16-8-6-15(7-9-16)13-17-11-10-14(2)20(3)18/h6-9,14,17H,4-5,10-13H2,1-3H3. The van der Waals surface area contributed by atoms with Crippen LogP contribution in [0, 0.1) is 0 Å². The second kappa shape index (κ2) is 9.94. The highest BCUT2D eigenvalue weighted by Crippen LogP contribution is 2.12. The van der Waals surface area contributed by atoms with Gasteiger partial charge in [0.05, 0.1) is 6.61 Å². The Morgan fingerprint density at radius 2 is 2.00 bits per heavy atom. The zero-order chi connectivity index (χ0) is 14.8. The quantitative estimate of drug-likeness (QED) is 0.674. The van der Waals surface area contributed by atoms with Crippen LogP contribution in [0.5, 0.6) is 5.75 Å². The van der Waals surface area contributed by atoms with Crippen molar-refractivity contribution in [2.24, 2.45) is 0 Å². The predicted octanol–water partition coefficient (Wildman–Crippen LogP) is 3.11. The van der Waals surface area contributed by atoms with Gasteiger partial charge in [0.25, 0.3) is 0 Å². The number of rotatable bonds is 10. The van der Waals surface area contributed by atoms with Gasteiger partial charge in [0.2, 0.25) is 0 Å². The van der Waals surface area contributed by atoms with E-state index < -0.39 is 10.8 Å². The third kappa shape index (κ3) is 7.06. The molecule has 0 amide bonds. The molecule has 0 aromatic heterocycles. The van der Waals surface area contributed by atoms with Gasteiger partial charge in [-0.1, -0.05) is 32.4 Å². The first-order valence-corrected chi connectivity index (χ1v) is 9.00. The molecule has 20 heavy (non-hydrogen) atoms. The zero-order valence-electron chi connectivity index (χ0n) is 12.9. The number of hydrogen-bond acceptors (Lipinski definition) is 3. The number of hydrogen-bond donors (Lipinski definition) is 1. The third-order valence-electron chi connectivity index (χ3n) is 3.31. The first-order valence-electron chi connectivity index (χ1n) is 7.38. The second-order valence-corrected chi connectivity index (χ2v) is 6.92. The summed E-state index contributed by atoms with van der Waals surface area (Å²) in [4.78, 5) is 0. The van der Waals surface area contributed by atoms with Crippen molar-refractivity contribution in [1.29, 1.82) is 0 Å². The van der Waals surface area contributed by atoms with E-state index in [9.17, 15) is 4.21 Å². The molecule has 0 aliphatic carbocycles. The molecule has 0 heterocycles. The van der Waals surface area contributed by atoms with Crippen LogP contribution in [0.2, 0.25) is 0 Å². The summed E-state index contributed by atoms with van der Waals surface area (Å²) in [5.74, 6) is 0.942. The lowest BCUT2D eigenvalue weighted by Gasteiger charge is -2.10. The minimum atomic E-state index is -0.722. The normalized spacial score (nSPS) is 13.9. The van der Waals surface area contributed by atoms with Crippen LogP contribution >= 0.6 is 0 Å². The molecule has 1 N–H and O–H groups in total. The van der Waals surface area contributed by atoms with E-state index in [4.69, 9.17) is 4.74 Å². The maximum Gasteiger partial charge on any atom is 0.119 e. The van der Waals surface area contributed by atoms with Gasteiger partial charge < -0.3 is 10.1 Å². The van der Waals surface area contributed by atoms with Crippen LogP contribution in [0.25, 0.3) is 0 Å². The summed E-state index contributed by atoms with van der Waals surface area (Å²) < 4.78 is 16.9. The van der Waals surface area contributed by atoms with Crippen LogP contribution < -0.4 is 10.1 Å². The highest BCUT2D eigenvalue weighted by Gasteiger charge is 2.04. The Morgan fingerprint density at radius 1 is 1.30 bits per heavy atom. The molecular weight excluding hydrogens is 270 g/mol. The van der Waals surface area contributed by atoms with Gasteiger partial charge in [-0.05, 0) is 37.1 Å². The van der Waals surface area contributed by atoms with Gasteiger partial charge >= 0.3 is 0 Å². The van der Waals surface area contributed by atoms with Gasteiger partial charge in [0.15, 0.2) is 0 Å². The van der Waals surface area contributed by atoms with E-state index in [1.54, 1.807) is 6.26 Å². The largest absolute Gasteiger partial charge is 0.494 e. The summed E-state index contributed by atoms with van der Waals surface area (Å²) in [6.45, 7) is 6.72. The Kier molecular flexibility index (Phi) is 8.54. The Balaban J connectivity index is 2.22. The number of unbranched alkanes of at least 4 members (excludes halogenated alkanes) is 1. The summed E-state index contributed by atoms with van der Waals surface area (Å²) >= 11 is 0. The molecule has 3 nitrogen and oxygen atoms in total. The van der Waals surface area contributed by atoms with Crippen molar-refractivity contribution >= 4 is 10.8 Å². The van der Waals surface area contributed by atoms with Crippen molar-refractivity contribution in [2.45, 2.75) is 44.9 Å². The lowest BCUT2D eigenvalue weighted by Crippen LogP contribution is -2.20. The zero-order valence-corrected chi connectivity index (χ0v) is 13.7. The summed E-state index contributed by atoms with van der Waals surface area (Å²) in [6.07, 6.45) is 4.96. The summed E-state index contributed by atoms with van der Waals surface area (Å²) in [5, 5.41) is 3.64. The van der Waals surface area contributed by atoms with E-state index in [2.05, 4.69) is 24.4 Å². The van der Waals surface area contributed by atoms with Crippen molar-refractivity contribution in [3.05, 3.63) is 29.8 Å². The molecule has 0 radical (unpaired) electrons. The smallest absolute Gasteiger partial charge is 0.119 e. The van der Waals surface area contributed by atoms with Crippen molar-refractivity contribution in [2.75, 3.05) is 19.4 Å². The molecule has 0 spiro atoms. The lowest BCUT2D eigenvalue weighted by atomic mass is 10.2. The summed E-state index contributed by atoms with van der Waals surface area (Å²) in [5.41, 5.74) is 1.25. The molecule has 114 valence electrons. The van der Waals surface area contributed by atoms with Crippen molar-refractivity contribution in [3.8, 4) is 5.75 Å². The molecule has 4 heteroatoms. The monoisotopic (exact) mass is 297 g/mol. The van der Waals surface area contributed by atoms with Crippen LogP contribution in [0.15, 0.2) is 24.3 Å². The van der Waals surface area contributed by atoms with E-state index in [1.165, 1.54) is 5.56 Å².